The molecule has 0 aromatic heterocycles. The summed E-state index contributed by atoms with van der Waals surface area (Å²) in [4.78, 5) is 12.8. The van der Waals surface area contributed by atoms with Gasteiger partial charge in [-0.05, 0) is 78.7 Å². The van der Waals surface area contributed by atoms with Gasteiger partial charge in [0.1, 0.15) is 12.4 Å². The van der Waals surface area contributed by atoms with E-state index >= 15 is 0 Å². The van der Waals surface area contributed by atoms with Crippen molar-refractivity contribution in [1.29, 1.82) is 0 Å². The SMILES string of the molecule is C[C@]12CC[C@@H]3c4ccc(OCc5ccccc5)cc4CC[C@H]3[C@@H]1C/C(=C/O)C2=O. The minimum absolute atomic E-state index is 0.180. The molecule has 150 valence electrons. The van der Waals surface area contributed by atoms with Crippen molar-refractivity contribution in [2.24, 2.45) is 17.3 Å². The Bertz CT molecular complexity index is 961. The van der Waals surface area contributed by atoms with E-state index in [-0.39, 0.29) is 11.2 Å². The highest BCUT2D eigenvalue weighted by atomic mass is 16.5. The van der Waals surface area contributed by atoms with Crippen LogP contribution in [0.4, 0.5) is 0 Å². The lowest BCUT2D eigenvalue weighted by Crippen LogP contribution is -2.42. The van der Waals surface area contributed by atoms with E-state index in [1.54, 1.807) is 0 Å². The molecule has 0 heterocycles. The maximum absolute atomic E-state index is 12.8. The first-order chi connectivity index (χ1) is 14.1. The number of aliphatic hydroxyl groups excluding tert-OH is 1. The molecule has 2 aromatic carbocycles. The van der Waals surface area contributed by atoms with E-state index < -0.39 is 0 Å². The van der Waals surface area contributed by atoms with Crippen molar-refractivity contribution in [3.05, 3.63) is 77.1 Å². The predicted octanol–water partition coefficient (Wildman–Crippen LogP) is 5.74. The maximum atomic E-state index is 12.8. The smallest absolute Gasteiger partial charge is 0.168 e. The van der Waals surface area contributed by atoms with Gasteiger partial charge in [0.2, 0.25) is 0 Å². The number of benzene rings is 2. The first kappa shape index (κ1) is 18.5. The standard InChI is InChI=1S/C26H28O3/c1-26-12-11-22-21-10-8-20(29-16-17-5-3-2-4-6-17)13-18(21)7-9-23(22)24(26)14-19(15-27)25(26)28/h2-6,8,10,13,15,22-24,27H,7,9,11-12,14,16H2,1H3/b19-15-/t22-,23-,24+,26+/m1/s1. The Labute approximate surface area is 172 Å². The first-order valence-corrected chi connectivity index (χ1v) is 10.8. The van der Waals surface area contributed by atoms with E-state index in [1.807, 2.05) is 18.2 Å². The quantitative estimate of drug-likeness (QED) is 0.538. The fraction of sp³-hybridized carbons (Fsp3) is 0.423. The number of aryl methyl sites for hydroxylation is 1. The van der Waals surface area contributed by atoms with Gasteiger partial charge in [0.15, 0.2) is 5.78 Å². The molecule has 2 aromatic rings. The molecule has 0 radical (unpaired) electrons. The van der Waals surface area contributed by atoms with Crippen LogP contribution < -0.4 is 4.74 Å². The van der Waals surface area contributed by atoms with Gasteiger partial charge in [-0.3, -0.25) is 4.79 Å². The monoisotopic (exact) mass is 388 g/mol. The number of ketones is 1. The largest absolute Gasteiger partial charge is 0.515 e. The van der Waals surface area contributed by atoms with Crippen LogP contribution in [0.1, 0.15) is 55.2 Å². The third-order valence-electron chi connectivity index (χ3n) is 7.74. The van der Waals surface area contributed by atoms with Crippen molar-refractivity contribution in [1.82, 2.24) is 0 Å². The summed E-state index contributed by atoms with van der Waals surface area (Å²) in [7, 11) is 0. The molecule has 29 heavy (non-hydrogen) atoms. The molecule has 0 spiro atoms. The second-order valence-corrected chi connectivity index (χ2v) is 9.19. The molecule has 2 saturated carbocycles. The van der Waals surface area contributed by atoms with Crippen molar-refractivity contribution >= 4 is 5.78 Å². The second-order valence-electron chi connectivity index (χ2n) is 9.19. The maximum Gasteiger partial charge on any atom is 0.168 e. The highest BCUT2D eigenvalue weighted by molar-refractivity contribution is 6.02. The van der Waals surface area contributed by atoms with Crippen LogP contribution >= 0.6 is 0 Å². The van der Waals surface area contributed by atoms with E-state index in [4.69, 9.17) is 4.74 Å². The minimum atomic E-state index is -0.286. The summed E-state index contributed by atoms with van der Waals surface area (Å²) >= 11 is 0. The number of aliphatic hydroxyl groups is 1. The Morgan fingerprint density at radius 3 is 2.79 bits per heavy atom. The molecule has 0 bridgehead atoms. The summed E-state index contributed by atoms with van der Waals surface area (Å²) < 4.78 is 6.04. The number of fused-ring (bicyclic) bond motifs is 5. The Balaban J connectivity index is 1.36. The molecular weight excluding hydrogens is 360 g/mol. The van der Waals surface area contributed by atoms with Crippen LogP contribution in [-0.2, 0) is 17.8 Å². The third-order valence-corrected chi connectivity index (χ3v) is 7.74. The molecule has 0 aliphatic heterocycles. The number of hydrogen-bond donors (Lipinski definition) is 1. The normalized spacial score (nSPS) is 31.8. The zero-order chi connectivity index (χ0) is 20.0. The van der Waals surface area contributed by atoms with Crippen molar-refractivity contribution in [3.63, 3.8) is 0 Å². The average Bonchev–Trinajstić information content (AvgIpc) is 3.03. The van der Waals surface area contributed by atoms with Crippen molar-refractivity contribution in [3.8, 4) is 5.75 Å². The van der Waals surface area contributed by atoms with Crippen LogP contribution in [0.2, 0.25) is 0 Å². The molecule has 0 amide bonds. The molecule has 3 aliphatic carbocycles. The molecule has 1 N–H and O–H groups in total. The van der Waals surface area contributed by atoms with Gasteiger partial charge in [0, 0.05) is 11.0 Å². The summed E-state index contributed by atoms with van der Waals surface area (Å²) in [6.07, 6.45) is 5.93. The van der Waals surface area contributed by atoms with E-state index in [2.05, 4.69) is 37.3 Å². The van der Waals surface area contributed by atoms with Gasteiger partial charge >= 0.3 is 0 Å². The summed E-state index contributed by atoms with van der Waals surface area (Å²) in [5, 5.41) is 9.52. The van der Waals surface area contributed by atoms with Gasteiger partial charge in [-0.1, -0.05) is 43.3 Å². The van der Waals surface area contributed by atoms with Crippen molar-refractivity contribution in [2.75, 3.05) is 0 Å². The molecule has 3 nitrogen and oxygen atoms in total. The van der Waals surface area contributed by atoms with Crippen LogP contribution in [0.15, 0.2) is 60.4 Å². The van der Waals surface area contributed by atoms with Crippen LogP contribution in [0, 0.1) is 17.3 Å². The zero-order valence-corrected chi connectivity index (χ0v) is 16.9. The van der Waals surface area contributed by atoms with Crippen LogP contribution in [0.3, 0.4) is 0 Å². The average molecular weight is 389 g/mol. The lowest BCUT2D eigenvalue weighted by molar-refractivity contribution is -0.127. The van der Waals surface area contributed by atoms with E-state index in [0.29, 0.717) is 29.9 Å². The van der Waals surface area contributed by atoms with Crippen LogP contribution in [0.25, 0.3) is 0 Å². The first-order valence-electron chi connectivity index (χ1n) is 10.8. The van der Waals surface area contributed by atoms with E-state index in [9.17, 15) is 9.90 Å². The lowest BCUT2D eigenvalue weighted by Gasteiger charge is -2.48. The number of carbonyl (C=O) groups is 1. The zero-order valence-electron chi connectivity index (χ0n) is 16.9. The molecule has 3 aliphatic rings. The predicted molar refractivity (Wildman–Crippen MR) is 113 cm³/mol. The number of ether oxygens (including phenoxy) is 1. The molecule has 5 rings (SSSR count). The molecular formula is C26H28O3. The highest BCUT2D eigenvalue weighted by Gasteiger charge is 2.56. The Morgan fingerprint density at radius 2 is 2.00 bits per heavy atom. The molecule has 4 atom stereocenters. The van der Waals surface area contributed by atoms with Crippen LogP contribution in [0.5, 0.6) is 5.75 Å². The Hall–Kier alpha value is -2.55. The summed E-state index contributed by atoms with van der Waals surface area (Å²) in [6.45, 7) is 2.72. The number of Topliss-reactive ketones (excluding diaryl/α,β-unsaturated/α-hetero) is 1. The van der Waals surface area contributed by atoms with E-state index in [0.717, 1.165) is 44.1 Å². The number of hydrogen-bond acceptors (Lipinski definition) is 3. The summed E-state index contributed by atoms with van der Waals surface area (Å²) in [5.74, 6) is 2.52. The minimum Gasteiger partial charge on any atom is -0.515 e. The fourth-order valence-electron chi connectivity index (χ4n) is 6.18. The van der Waals surface area contributed by atoms with Crippen molar-refractivity contribution < 1.29 is 14.6 Å². The van der Waals surface area contributed by atoms with Gasteiger partial charge < -0.3 is 9.84 Å². The van der Waals surface area contributed by atoms with Gasteiger partial charge in [-0.15, -0.1) is 0 Å². The topological polar surface area (TPSA) is 46.5 Å². The number of allylic oxidation sites excluding steroid dienone is 1. The number of carbonyl (C=O) groups excluding carboxylic acids is 1. The molecule has 3 heteroatoms. The van der Waals surface area contributed by atoms with Gasteiger partial charge in [-0.2, -0.15) is 0 Å². The Kier molecular flexibility index (Phi) is 4.49. The molecule has 0 saturated heterocycles. The Morgan fingerprint density at radius 1 is 1.17 bits per heavy atom. The van der Waals surface area contributed by atoms with E-state index in [1.165, 1.54) is 16.7 Å². The lowest BCUT2D eigenvalue weighted by atomic mass is 9.55. The third kappa shape index (κ3) is 2.99. The van der Waals surface area contributed by atoms with Gasteiger partial charge in [0.05, 0.1) is 6.26 Å². The van der Waals surface area contributed by atoms with Gasteiger partial charge in [0.25, 0.3) is 0 Å². The summed E-state index contributed by atoms with van der Waals surface area (Å²) in [5.41, 5.74) is 4.38. The molecule has 0 unspecified atom stereocenters. The molecule has 2 fully saturated rings. The van der Waals surface area contributed by atoms with Crippen molar-refractivity contribution in [2.45, 2.75) is 51.6 Å². The van der Waals surface area contributed by atoms with Crippen LogP contribution in [-0.4, -0.2) is 10.9 Å². The number of rotatable bonds is 3. The second kappa shape index (κ2) is 7.05. The fourth-order valence-corrected chi connectivity index (χ4v) is 6.18. The summed E-state index contributed by atoms with van der Waals surface area (Å²) in [6, 6.07) is 16.8. The van der Waals surface area contributed by atoms with Gasteiger partial charge in [-0.25, -0.2) is 0 Å². The highest BCUT2D eigenvalue weighted by Crippen LogP contribution is 2.60.